The Hall–Kier alpha value is -1.50. The second-order valence-corrected chi connectivity index (χ2v) is 7.50. The number of hydrogen-bond donors (Lipinski definition) is 3. The lowest BCUT2D eigenvalue weighted by molar-refractivity contribution is 0.0258. The molecule has 0 heterocycles. The molecule has 0 aromatic carbocycles. The van der Waals surface area contributed by atoms with Crippen LogP contribution in [0.1, 0.15) is 61.3 Å². The van der Waals surface area contributed by atoms with Gasteiger partial charge in [-0.25, -0.2) is 4.79 Å². The average Bonchev–Trinajstić information content (AvgIpc) is 2.51. The van der Waals surface area contributed by atoms with Crippen LogP contribution >= 0.6 is 0 Å². The van der Waals surface area contributed by atoms with Crippen LogP contribution in [0.3, 0.4) is 0 Å². The maximum atomic E-state index is 11.6. The van der Waals surface area contributed by atoms with E-state index in [1.54, 1.807) is 0 Å². The Balaban J connectivity index is 4.14. The zero-order valence-electron chi connectivity index (χ0n) is 17.8. The highest BCUT2D eigenvalue weighted by Crippen LogP contribution is 2.09. The molecule has 0 aromatic heterocycles. The smallest absolute Gasteiger partial charge is 0.407 e. The third-order valence-electron chi connectivity index (χ3n) is 3.46. The van der Waals surface area contributed by atoms with E-state index in [9.17, 15) is 4.79 Å². The van der Waals surface area contributed by atoms with Crippen LogP contribution in [-0.2, 0) is 9.47 Å². The van der Waals surface area contributed by atoms with Gasteiger partial charge in [0.2, 0.25) is 0 Å². The number of nitrogens with zero attached hydrogens (tertiary/aromatic N) is 1. The fourth-order valence-corrected chi connectivity index (χ4v) is 2.27. The van der Waals surface area contributed by atoms with Gasteiger partial charge >= 0.3 is 6.09 Å². The van der Waals surface area contributed by atoms with E-state index in [1.165, 1.54) is 0 Å². The molecule has 1 atom stereocenters. The van der Waals surface area contributed by atoms with Crippen molar-refractivity contribution in [1.82, 2.24) is 16.0 Å². The van der Waals surface area contributed by atoms with Gasteiger partial charge in [-0.2, -0.15) is 0 Å². The minimum absolute atomic E-state index is 0.258. The van der Waals surface area contributed by atoms with Gasteiger partial charge in [-0.1, -0.05) is 13.8 Å². The van der Waals surface area contributed by atoms with Crippen molar-refractivity contribution in [3.63, 3.8) is 0 Å². The fourth-order valence-electron chi connectivity index (χ4n) is 2.27. The Bertz CT molecular complexity index is 406. The van der Waals surface area contributed by atoms with Gasteiger partial charge in [-0.15, -0.1) is 0 Å². The molecule has 7 heteroatoms. The summed E-state index contributed by atoms with van der Waals surface area (Å²) >= 11 is 0. The van der Waals surface area contributed by atoms with Crippen LogP contribution in [0.4, 0.5) is 4.79 Å². The largest absolute Gasteiger partial charge is 0.444 e. The van der Waals surface area contributed by atoms with E-state index < -0.39 is 5.60 Å². The monoisotopic (exact) mass is 372 g/mol. The summed E-state index contributed by atoms with van der Waals surface area (Å²) in [6.07, 6.45) is 1.56. The number of alkyl carbamates (subject to hydrolysis) is 1. The molecule has 0 fully saturated rings. The molecule has 0 saturated heterocycles. The number of rotatable bonds is 11. The van der Waals surface area contributed by atoms with Gasteiger partial charge in [0, 0.05) is 32.8 Å². The highest BCUT2D eigenvalue weighted by Gasteiger charge is 2.15. The number of aliphatic imine (C=N–C) groups is 1. The predicted octanol–water partition coefficient (Wildman–Crippen LogP) is 2.91. The van der Waals surface area contributed by atoms with Crippen molar-refractivity contribution >= 4 is 12.1 Å². The number of carbonyl (C=O) groups is 1. The summed E-state index contributed by atoms with van der Waals surface area (Å²) in [6.45, 7) is 17.5. The molecular formula is C19H40N4O3. The molecule has 0 spiro atoms. The van der Waals surface area contributed by atoms with Crippen molar-refractivity contribution in [3.05, 3.63) is 0 Å². The van der Waals surface area contributed by atoms with E-state index in [0.717, 1.165) is 38.5 Å². The predicted molar refractivity (Wildman–Crippen MR) is 108 cm³/mol. The van der Waals surface area contributed by atoms with Gasteiger partial charge in [0.25, 0.3) is 0 Å². The molecule has 1 unspecified atom stereocenters. The minimum Gasteiger partial charge on any atom is -0.444 e. The third kappa shape index (κ3) is 13.8. The number of guanidine groups is 1. The maximum absolute atomic E-state index is 11.6. The first kappa shape index (κ1) is 24.5. The summed E-state index contributed by atoms with van der Waals surface area (Å²) in [5.41, 5.74) is -0.473. The lowest BCUT2D eigenvalue weighted by Crippen LogP contribution is -2.39. The minimum atomic E-state index is -0.473. The van der Waals surface area contributed by atoms with Crippen LogP contribution < -0.4 is 16.0 Å². The van der Waals surface area contributed by atoms with Gasteiger partial charge in [0.1, 0.15) is 5.60 Å². The zero-order valence-corrected chi connectivity index (χ0v) is 17.8. The van der Waals surface area contributed by atoms with Crippen molar-refractivity contribution < 1.29 is 14.3 Å². The van der Waals surface area contributed by atoms with E-state index in [2.05, 4.69) is 34.8 Å². The molecule has 26 heavy (non-hydrogen) atoms. The van der Waals surface area contributed by atoms with Crippen molar-refractivity contribution in [2.24, 2.45) is 10.9 Å². The van der Waals surface area contributed by atoms with Gasteiger partial charge in [-0.3, -0.25) is 4.99 Å². The van der Waals surface area contributed by atoms with E-state index in [4.69, 9.17) is 9.47 Å². The van der Waals surface area contributed by atoms with Gasteiger partial charge in [0.15, 0.2) is 5.96 Å². The molecule has 3 N–H and O–H groups in total. The van der Waals surface area contributed by atoms with Crippen LogP contribution in [0, 0.1) is 5.92 Å². The van der Waals surface area contributed by atoms with Crippen molar-refractivity contribution in [2.45, 2.75) is 73.0 Å². The van der Waals surface area contributed by atoms with Gasteiger partial charge in [0.05, 0.1) is 6.10 Å². The van der Waals surface area contributed by atoms with Crippen LogP contribution in [0.15, 0.2) is 4.99 Å². The standard InChI is InChI=1S/C19H40N4O3/c1-8-20-17(22-14-11-16(15(3)4)25-9-2)21-12-10-13-23-18(24)26-19(5,6)7/h15-16H,8-14H2,1-7H3,(H,23,24)(H2,20,21,22). The summed E-state index contributed by atoms with van der Waals surface area (Å²) < 4.78 is 11.0. The van der Waals surface area contributed by atoms with Crippen LogP contribution in [0.2, 0.25) is 0 Å². The maximum Gasteiger partial charge on any atom is 0.407 e. The lowest BCUT2D eigenvalue weighted by Gasteiger charge is -2.21. The molecule has 1 amide bonds. The normalized spacial score (nSPS) is 13.5. The summed E-state index contributed by atoms with van der Waals surface area (Å²) in [4.78, 5) is 16.1. The molecule has 0 aliphatic rings. The summed E-state index contributed by atoms with van der Waals surface area (Å²) in [5, 5.41) is 9.32. The molecule has 0 saturated carbocycles. The fraction of sp³-hybridized carbons (Fsp3) is 0.895. The molecule has 0 aromatic rings. The number of hydrogen-bond acceptors (Lipinski definition) is 4. The van der Waals surface area contributed by atoms with E-state index >= 15 is 0 Å². The van der Waals surface area contributed by atoms with Crippen molar-refractivity contribution in [2.75, 3.05) is 32.8 Å². The zero-order chi connectivity index (χ0) is 20.0. The first-order chi connectivity index (χ1) is 12.2. The third-order valence-corrected chi connectivity index (χ3v) is 3.46. The Morgan fingerprint density at radius 3 is 2.31 bits per heavy atom. The molecule has 0 bridgehead atoms. The second-order valence-electron chi connectivity index (χ2n) is 7.50. The van der Waals surface area contributed by atoms with Crippen molar-refractivity contribution in [3.8, 4) is 0 Å². The topological polar surface area (TPSA) is 84.0 Å². The molecule has 154 valence electrons. The second kappa shape index (κ2) is 13.7. The van der Waals surface area contributed by atoms with Crippen LogP contribution in [0.25, 0.3) is 0 Å². The SMILES string of the molecule is CCNC(=NCCCNC(=O)OC(C)(C)C)NCCC(OCC)C(C)C. The quantitative estimate of drug-likeness (QED) is 0.295. The first-order valence-electron chi connectivity index (χ1n) is 9.80. The van der Waals surface area contributed by atoms with Gasteiger partial charge in [-0.05, 0) is 53.4 Å². The Morgan fingerprint density at radius 1 is 1.08 bits per heavy atom. The highest BCUT2D eigenvalue weighted by molar-refractivity contribution is 5.79. The summed E-state index contributed by atoms with van der Waals surface area (Å²) in [5.74, 6) is 1.29. The number of nitrogens with one attached hydrogen (secondary N) is 3. The van der Waals surface area contributed by atoms with Crippen molar-refractivity contribution in [1.29, 1.82) is 0 Å². The Morgan fingerprint density at radius 2 is 1.77 bits per heavy atom. The lowest BCUT2D eigenvalue weighted by atomic mass is 10.0. The van der Waals surface area contributed by atoms with E-state index in [1.807, 2.05) is 34.6 Å². The molecule has 7 nitrogen and oxygen atoms in total. The Labute approximate surface area is 159 Å². The summed E-state index contributed by atoms with van der Waals surface area (Å²) in [6, 6.07) is 0. The molecular weight excluding hydrogens is 332 g/mol. The number of ether oxygens (including phenoxy) is 2. The molecule has 0 radical (unpaired) electrons. The van der Waals surface area contributed by atoms with Crippen LogP contribution in [-0.4, -0.2) is 56.5 Å². The average molecular weight is 373 g/mol. The number of amides is 1. The Kier molecular flexibility index (Phi) is 12.9. The molecule has 0 aliphatic heterocycles. The summed E-state index contributed by atoms with van der Waals surface area (Å²) in [7, 11) is 0. The molecule has 0 rings (SSSR count). The van der Waals surface area contributed by atoms with E-state index in [-0.39, 0.29) is 12.2 Å². The van der Waals surface area contributed by atoms with E-state index in [0.29, 0.717) is 19.0 Å². The number of carbonyl (C=O) groups excluding carboxylic acids is 1. The first-order valence-corrected chi connectivity index (χ1v) is 9.80. The molecule has 0 aliphatic carbocycles. The van der Waals surface area contributed by atoms with Gasteiger partial charge < -0.3 is 25.4 Å². The highest BCUT2D eigenvalue weighted by atomic mass is 16.6. The van der Waals surface area contributed by atoms with Crippen LogP contribution in [0.5, 0.6) is 0 Å².